The Bertz CT molecular complexity index is 1270. The molecule has 5 rings (SSSR count). The highest BCUT2D eigenvalue weighted by Gasteiger charge is 2.26. The van der Waals surface area contributed by atoms with Crippen molar-refractivity contribution in [2.45, 2.75) is 34.1 Å². The molecule has 0 atom stereocenters. The lowest BCUT2D eigenvalue weighted by atomic mass is 9.86. The second kappa shape index (κ2) is 5.78. The first-order valence-corrected chi connectivity index (χ1v) is 9.63. The van der Waals surface area contributed by atoms with Crippen LogP contribution in [0.25, 0.3) is 32.8 Å². The van der Waals surface area contributed by atoms with Gasteiger partial charge in [-0.3, -0.25) is 4.98 Å². The van der Waals surface area contributed by atoms with Gasteiger partial charge >= 0.3 is 0 Å². The smallest absolute Gasteiger partial charge is 0.149 e. The van der Waals surface area contributed by atoms with Gasteiger partial charge in [0.15, 0.2) is 0 Å². The molecule has 4 aromatic rings. The van der Waals surface area contributed by atoms with Gasteiger partial charge in [0.2, 0.25) is 0 Å². The number of halogens is 1. The van der Waals surface area contributed by atoms with E-state index in [0.29, 0.717) is 11.1 Å². The minimum atomic E-state index is -0.305. The summed E-state index contributed by atoms with van der Waals surface area (Å²) in [6, 6.07) is 14.4. The van der Waals surface area contributed by atoms with Crippen molar-refractivity contribution >= 4 is 21.5 Å². The molecular weight excluding hydrogens is 349 g/mol. The molecule has 1 aromatic heterocycles. The summed E-state index contributed by atoms with van der Waals surface area (Å²) >= 11 is 0. The predicted molar refractivity (Wildman–Crippen MR) is 113 cm³/mol. The molecule has 0 saturated carbocycles. The third-order valence-electron chi connectivity index (χ3n) is 5.41. The van der Waals surface area contributed by atoms with Crippen molar-refractivity contribution in [3.8, 4) is 22.8 Å². The zero-order valence-electron chi connectivity index (χ0n) is 16.6. The fourth-order valence-corrected chi connectivity index (χ4v) is 4.29. The zero-order chi connectivity index (χ0) is 19.6. The van der Waals surface area contributed by atoms with E-state index < -0.39 is 0 Å². The number of aromatic nitrogens is 1. The van der Waals surface area contributed by atoms with Gasteiger partial charge < -0.3 is 4.74 Å². The summed E-state index contributed by atoms with van der Waals surface area (Å²) < 4.78 is 21.1. The van der Waals surface area contributed by atoms with E-state index in [4.69, 9.17) is 4.74 Å². The van der Waals surface area contributed by atoms with Crippen LogP contribution in [0.1, 0.15) is 31.9 Å². The molecular formula is C25H22FNO. The van der Waals surface area contributed by atoms with Gasteiger partial charge in [-0.15, -0.1) is 0 Å². The third kappa shape index (κ3) is 2.57. The number of pyridine rings is 1. The number of ether oxygens (including phenoxy) is 1. The normalized spacial score (nSPS) is 12.9. The van der Waals surface area contributed by atoms with Crippen LogP contribution in [0.3, 0.4) is 0 Å². The summed E-state index contributed by atoms with van der Waals surface area (Å²) in [5.74, 6) is 1.21. The highest BCUT2D eigenvalue weighted by atomic mass is 19.1. The first-order valence-electron chi connectivity index (χ1n) is 9.63. The average molecular weight is 371 g/mol. The molecule has 0 saturated heterocycles. The van der Waals surface area contributed by atoms with Gasteiger partial charge in [0.05, 0.1) is 17.3 Å². The van der Waals surface area contributed by atoms with Crippen LogP contribution < -0.4 is 4.74 Å². The van der Waals surface area contributed by atoms with E-state index in [1.165, 1.54) is 6.20 Å². The second-order valence-electron chi connectivity index (χ2n) is 8.91. The van der Waals surface area contributed by atoms with Gasteiger partial charge in [-0.05, 0) is 53.3 Å². The van der Waals surface area contributed by atoms with Gasteiger partial charge in [0.1, 0.15) is 17.3 Å². The van der Waals surface area contributed by atoms with Gasteiger partial charge in [-0.1, -0.05) is 45.0 Å². The lowest BCUT2D eigenvalue weighted by Crippen LogP contribution is -2.10. The number of hydrogen-bond donors (Lipinski definition) is 0. The average Bonchev–Trinajstić information content (AvgIpc) is 2.63. The van der Waals surface area contributed by atoms with E-state index in [2.05, 4.69) is 56.9 Å². The fourth-order valence-electron chi connectivity index (χ4n) is 4.29. The summed E-state index contributed by atoms with van der Waals surface area (Å²) in [5.41, 5.74) is 3.99. The summed E-state index contributed by atoms with van der Waals surface area (Å²) in [6.07, 6.45) is 2.18. The molecule has 28 heavy (non-hydrogen) atoms. The number of fused-ring (bicyclic) bond motifs is 3. The lowest BCUT2D eigenvalue weighted by molar-refractivity contribution is 0.410. The molecule has 0 unspecified atom stereocenters. The molecule has 0 fully saturated rings. The van der Waals surface area contributed by atoms with Crippen molar-refractivity contribution < 1.29 is 9.13 Å². The van der Waals surface area contributed by atoms with Crippen LogP contribution in [-0.4, -0.2) is 4.98 Å². The van der Waals surface area contributed by atoms with Crippen molar-refractivity contribution in [2.75, 3.05) is 0 Å². The Morgan fingerprint density at radius 1 is 1.04 bits per heavy atom. The molecule has 0 radical (unpaired) electrons. The van der Waals surface area contributed by atoms with Crippen LogP contribution in [0.2, 0.25) is 0 Å². The van der Waals surface area contributed by atoms with Crippen LogP contribution in [0.5, 0.6) is 11.5 Å². The summed E-state index contributed by atoms with van der Waals surface area (Å²) in [5, 5.41) is 3.64. The SMILES string of the molecule is Cc1c2c(cc3ccccc13)-c1ncc(F)c3cc(CC(C)(C)C)cc(c13)O2. The fraction of sp³-hybridized carbons (Fsp3) is 0.240. The number of rotatable bonds is 1. The van der Waals surface area contributed by atoms with E-state index in [9.17, 15) is 4.39 Å². The Kier molecular flexibility index (Phi) is 3.54. The molecule has 0 bridgehead atoms. The molecule has 0 amide bonds. The van der Waals surface area contributed by atoms with Crippen LogP contribution in [0.4, 0.5) is 4.39 Å². The minimum absolute atomic E-state index is 0.103. The Labute approximate surface area is 164 Å². The van der Waals surface area contributed by atoms with Crippen LogP contribution in [0.15, 0.2) is 48.7 Å². The lowest BCUT2D eigenvalue weighted by Gasteiger charge is -2.25. The maximum atomic E-state index is 14.7. The predicted octanol–water partition coefficient (Wildman–Crippen LogP) is 7.20. The number of hydrogen-bond acceptors (Lipinski definition) is 2. The standard InChI is InChI=1S/C25H22FNO/c1-14-17-8-6-5-7-16(17)11-19-23-22-18(20(26)13-27-23)9-15(12-25(2,3)4)10-21(22)28-24(14)19/h5-11,13H,12H2,1-4H3. The third-order valence-corrected chi connectivity index (χ3v) is 5.41. The second-order valence-corrected chi connectivity index (χ2v) is 8.91. The molecule has 3 aromatic carbocycles. The van der Waals surface area contributed by atoms with Crippen LogP contribution >= 0.6 is 0 Å². The Hall–Kier alpha value is -2.94. The van der Waals surface area contributed by atoms with Crippen molar-refractivity contribution in [3.05, 3.63) is 65.6 Å². The molecule has 140 valence electrons. The molecule has 0 aliphatic carbocycles. The zero-order valence-corrected chi connectivity index (χ0v) is 16.6. The van der Waals surface area contributed by atoms with E-state index in [-0.39, 0.29) is 11.2 Å². The first kappa shape index (κ1) is 17.2. The van der Waals surface area contributed by atoms with E-state index in [1.807, 2.05) is 18.2 Å². The quantitative estimate of drug-likeness (QED) is 0.311. The molecule has 1 aliphatic heterocycles. The number of benzene rings is 3. The number of nitrogens with zero attached hydrogens (tertiary/aromatic N) is 1. The largest absolute Gasteiger partial charge is 0.456 e. The Morgan fingerprint density at radius 3 is 2.61 bits per heavy atom. The summed E-state index contributed by atoms with van der Waals surface area (Å²) in [4.78, 5) is 4.48. The van der Waals surface area contributed by atoms with Crippen molar-refractivity contribution in [1.29, 1.82) is 0 Å². The van der Waals surface area contributed by atoms with Gasteiger partial charge in [-0.2, -0.15) is 0 Å². The van der Waals surface area contributed by atoms with E-state index >= 15 is 0 Å². The monoisotopic (exact) mass is 371 g/mol. The first-order chi connectivity index (χ1) is 13.3. The minimum Gasteiger partial charge on any atom is -0.456 e. The highest BCUT2D eigenvalue weighted by molar-refractivity contribution is 6.06. The maximum absolute atomic E-state index is 14.7. The van der Waals surface area contributed by atoms with Crippen LogP contribution in [0, 0.1) is 18.2 Å². The highest BCUT2D eigenvalue weighted by Crippen LogP contribution is 2.49. The molecule has 2 heterocycles. The van der Waals surface area contributed by atoms with E-state index in [0.717, 1.165) is 50.7 Å². The van der Waals surface area contributed by atoms with E-state index in [1.54, 1.807) is 0 Å². The van der Waals surface area contributed by atoms with Crippen LogP contribution in [-0.2, 0) is 6.42 Å². The van der Waals surface area contributed by atoms with Crippen molar-refractivity contribution in [3.63, 3.8) is 0 Å². The maximum Gasteiger partial charge on any atom is 0.149 e. The Balaban J connectivity index is 1.84. The van der Waals surface area contributed by atoms with Gasteiger partial charge in [-0.25, -0.2) is 4.39 Å². The molecule has 0 N–H and O–H groups in total. The molecule has 0 spiro atoms. The number of aryl methyl sites for hydroxylation is 1. The summed E-state index contributed by atoms with van der Waals surface area (Å²) in [7, 11) is 0. The van der Waals surface area contributed by atoms with Gasteiger partial charge in [0.25, 0.3) is 0 Å². The molecule has 2 nitrogen and oxygen atoms in total. The summed E-state index contributed by atoms with van der Waals surface area (Å²) in [6.45, 7) is 8.63. The van der Waals surface area contributed by atoms with Crippen molar-refractivity contribution in [2.24, 2.45) is 5.41 Å². The topological polar surface area (TPSA) is 22.1 Å². The molecule has 3 heteroatoms. The van der Waals surface area contributed by atoms with Crippen molar-refractivity contribution in [1.82, 2.24) is 4.98 Å². The Morgan fingerprint density at radius 2 is 1.82 bits per heavy atom. The van der Waals surface area contributed by atoms with Gasteiger partial charge in [0, 0.05) is 16.5 Å². The molecule has 1 aliphatic rings.